The van der Waals surface area contributed by atoms with Crippen molar-refractivity contribution >= 4 is 47.4 Å². The quantitative estimate of drug-likeness (QED) is 0.0266. The number of carboxylic acid groups (broad SMARTS) is 1. The summed E-state index contributed by atoms with van der Waals surface area (Å²) in [5.74, 6) is -6.43. The second kappa shape index (κ2) is 23.1. The first-order valence-corrected chi connectivity index (χ1v) is 16.2. The molecule has 0 spiro atoms. The highest BCUT2D eigenvalue weighted by Gasteiger charge is 2.32. The summed E-state index contributed by atoms with van der Waals surface area (Å²) >= 11 is 0. The SMILES string of the molecule is NCCCC[C@H](N)C(=O)N[C@@H](Cc1ccccc1)C(=O)N[C@@H](CCC(N)=O)C(=O)N[C@@H](CCCN=C(N)N)C(=O)N[C@@H](CCC(N)=O)C(=O)O. The number of nitrogens with zero attached hydrogens (tertiary/aromatic N) is 1. The minimum atomic E-state index is -1.51. The normalized spacial score (nSPS) is 13.7. The molecule has 0 saturated carbocycles. The molecule has 1 aromatic rings. The fraction of sp³-hybridized carbons (Fsp3) is 0.548. The predicted molar refractivity (Wildman–Crippen MR) is 183 cm³/mol. The van der Waals surface area contributed by atoms with Crippen molar-refractivity contribution in [3.05, 3.63) is 35.9 Å². The molecular weight excluding hydrogens is 654 g/mol. The van der Waals surface area contributed by atoms with Crippen molar-refractivity contribution < 1.29 is 38.7 Å². The van der Waals surface area contributed by atoms with E-state index in [1.165, 1.54) is 0 Å². The molecule has 5 atom stereocenters. The first-order valence-electron chi connectivity index (χ1n) is 16.2. The van der Waals surface area contributed by atoms with Gasteiger partial charge in [0.25, 0.3) is 0 Å². The van der Waals surface area contributed by atoms with Crippen LogP contribution >= 0.6 is 0 Å². The summed E-state index contributed by atoms with van der Waals surface area (Å²) in [6.45, 7) is 0.486. The molecule has 1 aromatic carbocycles. The van der Waals surface area contributed by atoms with Crippen LogP contribution in [0.25, 0.3) is 0 Å². The van der Waals surface area contributed by atoms with Gasteiger partial charge in [0.05, 0.1) is 6.04 Å². The van der Waals surface area contributed by atoms with Crippen LogP contribution in [0.4, 0.5) is 0 Å². The summed E-state index contributed by atoms with van der Waals surface area (Å²) in [7, 11) is 0. The molecule has 1 rings (SSSR count). The standard InChI is InChI=1S/C31H51N11O8/c32-15-5-4-9-19(33)26(45)42-23(17-18-7-2-1-3-8-18)29(48)40-21(11-13-24(34)43)28(47)39-20(10-6-16-38-31(36)37)27(46)41-22(30(49)50)12-14-25(35)44/h1-3,7-8,19-23H,4-6,9-17,32-33H2,(H2,34,43)(H2,35,44)(H,39,47)(H,40,48)(H,41,46)(H,42,45)(H,49,50)(H4,36,37,38)/t19-,20-,21-,22-,23-/m0/s1. The van der Waals surface area contributed by atoms with E-state index >= 15 is 0 Å². The van der Waals surface area contributed by atoms with Crippen molar-refractivity contribution in [2.45, 2.75) is 94.4 Å². The fourth-order valence-electron chi connectivity index (χ4n) is 4.67. The largest absolute Gasteiger partial charge is 0.480 e. The number of carbonyl (C=O) groups excluding carboxylic acids is 6. The van der Waals surface area contributed by atoms with E-state index in [2.05, 4.69) is 26.3 Å². The highest BCUT2D eigenvalue weighted by atomic mass is 16.4. The number of benzene rings is 1. The molecule has 0 radical (unpaired) electrons. The van der Waals surface area contributed by atoms with Crippen molar-refractivity contribution in [1.82, 2.24) is 21.3 Å². The van der Waals surface area contributed by atoms with Crippen LogP contribution in [0.3, 0.4) is 0 Å². The second-order valence-corrected chi connectivity index (χ2v) is 11.6. The van der Waals surface area contributed by atoms with Crippen molar-refractivity contribution in [2.24, 2.45) is 39.4 Å². The molecule has 19 heteroatoms. The van der Waals surface area contributed by atoms with Gasteiger partial charge in [-0.15, -0.1) is 0 Å². The lowest BCUT2D eigenvalue weighted by Gasteiger charge is -2.26. The van der Waals surface area contributed by atoms with E-state index in [1.807, 2.05) is 0 Å². The van der Waals surface area contributed by atoms with Crippen LogP contribution in [0.15, 0.2) is 35.3 Å². The molecule has 278 valence electrons. The number of carboxylic acids is 1. The van der Waals surface area contributed by atoms with Gasteiger partial charge >= 0.3 is 5.97 Å². The summed E-state index contributed by atoms with van der Waals surface area (Å²) in [5.41, 5.74) is 33.4. The molecule has 6 amide bonds. The number of carbonyl (C=O) groups is 7. The minimum Gasteiger partial charge on any atom is -0.480 e. The first-order chi connectivity index (χ1) is 23.6. The molecule has 0 heterocycles. The number of guanidine groups is 1. The molecular formula is C31H51N11O8. The van der Waals surface area contributed by atoms with Crippen LogP contribution in [0, 0.1) is 0 Å². The van der Waals surface area contributed by atoms with Crippen LogP contribution < -0.4 is 55.7 Å². The maximum Gasteiger partial charge on any atom is 0.326 e. The Morgan fingerprint density at radius 2 is 1.14 bits per heavy atom. The number of amides is 6. The highest BCUT2D eigenvalue weighted by molar-refractivity contribution is 5.96. The average molecular weight is 706 g/mol. The Kier molecular flexibility index (Phi) is 19.8. The summed E-state index contributed by atoms with van der Waals surface area (Å²) in [6, 6.07) is 2.30. The summed E-state index contributed by atoms with van der Waals surface area (Å²) in [6.07, 6.45) is 0.406. The van der Waals surface area contributed by atoms with Gasteiger partial charge in [-0.25, -0.2) is 4.79 Å². The smallest absolute Gasteiger partial charge is 0.326 e. The van der Waals surface area contributed by atoms with Crippen LogP contribution in [0.1, 0.15) is 63.4 Å². The lowest BCUT2D eigenvalue weighted by molar-refractivity contribution is -0.142. The molecule has 0 unspecified atom stereocenters. The van der Waals surface area contributed by atoms with E-state index in [1.54, 1.807) is 30.3 Å². The van der Waals surface area contributed by atoms with Gasteiger partial charge in [0.1, 0.15) is 24.2 Å². The second-order valence-electron chi connectivity index (χ2n) is 11.6. The average Bonchev–Trinajstić information content (AvgIpc) is 3.05. The number of primary amides is 2. The number of nitrogens with one attached hydrogen (secondary N) is 4. The van der Waals surface area contributed by atoms with E-state index < -0.39 is 71.6 Å². The van der Waals surface area contributed by atoms with Gasteiger partial charge in [0, 0.05) is 25.8 Å². The number of nitrogens with two attached hydrogens (primary N) is 6. The van der Waals surface area contributed by atoms with Gasteiger partial charge in [-0.3, -0.25) is 33.8 Å². The molecule has 50 heavy (non-hydrogen) atoms. The topological polar surface area (TPSA) is 356 Å². The van der Waals surface area contributed by atoms with E-state index in [0.29, 0.717) is 31.4 Å². The summed E-state index contributed by atoms with van der Waals surface area (Å²) in [5, 5.41) is 19.5. The van der Waals surface area contributed by atoms with Gasteiger partial charge in [0.2, 0.25) is 35.4 Å². The van der Waals surface area contributed by atoms with Crippen molar-refractivity contribution in [3.8, 4) is 0 Å². The predicted octanol–water partition coefficient (Wildman–Crippen LogP) is -3.71. The Morgan fingerprint density at radius 3 is 1.66 bits per heavy atom. The third-order valence-corrected chi connectivity index (χ3v) is 7.41. The lowest BCUT2D eigenvalue weighted by atomic mass is 10.0. The maximum absolute atomic E-state index is 13.7. The van der Waals surface area contributed by atoms with Gasteiger partial charge in [-0.2, -0.15) is 0 Å². The fourth-order valence-corrected chi connectivity index (χ4v) is 4.67. The van der Waals surface area contributed by atoms with Gasteiger partial charge in [-0.05, 0) is 50.6 Å². The Morgan fingerprint density at radius 1 is 0.640 bits per heavy atom. The van der Waals surface area contributed by atoms with E-state index in [-0.39, 0.29) is 57.5 Å². The number of rotatable bonds is 25. The van der Waals surface area contributed by atoms with E-state index in [9.17, 15) is 38.7 Å². The molecule has 0 fully saturated rings. The zero-order valence-electron chi connectivity index (χ0n) is 28.0. The Labute approximate surface area is 290 Å². The molecule has 19 nitrogen and oxygen atoms in total. The van der Waals surface area contributed by atoms with Crippen molar-refractivity contribution in [3.63, 3.8) is 0 Å². The van der Waals surface area contributed by atoms with Crippen LogP contribution in [-0.2, 0) is 40.0 Å². The molecule has 17 N–H and O–H groups in total. The lowest BCUT2D eigenvalue weighted by Crippen LogP contribution is -2.59. The Bertz CT molecular complexity index is 1320. The maximum atomic E-state index is 13.7. The van der Waals surface area contributed by atoms with Crippen molar-refractivity contribution in [2.75, 3.05) is 13.1 Å². The van der Waals surface area contributed by atoms with Crippen LogP contribution in [0.2, 0.25) is 0 Å². The van der Waals surface area contributed by atoms with E-state index in [4.69, 9.17) is 34.4 Å². The van der Waals surface area contributed by atoms with E-state index in [0.717, 1.165) is 0 Å². The third-order valence-electron chi connectivity index (χ3n) is 7.41. The molecule has 0 aliphatic heterocycles. The zero-order chi connectivity index (χ0) is 37.6. The number of unbranched alkanes of at least 4 members (excludes halogenated alkanes) is 1. The Hall–Kier alpha value is -5.30. The third kappa shape index (κ3) is 17.7. The summed E-state index contributed by atoms with van der Waals surface area (Å²) < 4.78 is 0. The number of hydrogen-bond acceptors (Lipinski definition) is 10. The van der Waals surface area contributed by atoms with Gasteiger partial charge < -0.3 is 60.8 Å². The monoisotopic (exact) mass is 705 g/mol. The molecule has 0 saturated heterocycles. The first kappa shape index (κ1) is 42.7. The number of aliphatic carboxylic acids is 1. The van der Waals surface area contributed by atoms with Gasteiger partial charge in [-0.1, -0.05) is 36.8 Å². The number of aliphatic imine (C=N–C) groups is 1. The van der Waals surface area contributed by atoms with Gasteiger partial charge in [0.15, 0.2) is 5.96 Å². The van der Waals surface area contributed by atoms with Crippen LogP contribution in [0.5, 0.6) is 0 Å². The molecule has 0 aliphatic rings. The minimum absolute atomic E-state index is 0.0236. The zero-order valence-corrected chi connectivity index (χ0v) is 28.0. The molecule has 0 bridgehead atoms. The Balaban J connectivity index is 3.29. The molecule has 0 aromatic heterocycles. The molecule has 0 aliphatic carbocycles. The summed E-state index contributed by atoms with van der Waals surface area (Å²) in [4.78, 5) is 92.0. The number of hydrogen-bond donors (Lipinski definition) is 11. The highest BCUT2D eigenvalue weighted by Crippen LogP contribution is 2.09. The van der Waals surface area contributed by atoms with Crippen molar-refractivity contribution in [1.29, 1.82) is 0 Å². The van der Waals surface area contributed by atoms with Crippen LogP contribution in [-0.4, -0.2) is 95.8 Å².